The number of imidazole rings is 1. The Balaban J connectivity index is 1.43. The summed E-state index contributed by atoms with van der Waals surface area (Å²) in [5, 5.41) is 0.382. The molecular weight excluding hydrogens is 326 g/mol. The Hall–Kier alpha value is -2.20. The zero-order chi connectivity index (χ0) is 16.2. The molecule has 0 radical (unpaired) electrons. The maximum atomic E-state index is 5.31. The molecule has 3 aromatic heterocycles. The number of hydrazine groups is 2. The van der Waals surface area contributed by atoms with Crippen LogP contribution in [0.4, 0.5) is 0 Å². The quantitative estimate of drug-likeness (QED) is 0.616. The van der Waals surface area contributed by atoms with Gasteiger partial charge in [-0.25, -0.2) is 25.8 Å². The molecule has 124 valence electrons. The Labute approximate surface area is 143 Å². The van der Waals surface area contributed by atoms with Crippen LogP contribution in [-0.2, 0) is 6.54 Å². The zero-order valence-electron chi connectivity index (χ0n) is 12.8. The lowest BCUT2D eigenvalue weighted by molar-refractivity contribution is 0.577. The van der Waals surface area contributed by atoms with Gasteiger partial charge in [0.05, 0.1) is 17.2 Å². The summed E-state index contributed by atoms with van der Waals surface area (Å²) in [6.45, 7) is 1.78. The largest absolute Gasteiger partial charge is 0.461 e. The van der Waals surface area contributed by atoms with Crippen LogP contribution in [0.2, 0.25) is 0 Å². The van der Waals surface area contributed by atoms with Crippen molar-refractivity contribution in [2.75, 3.05) is 12.3 Å². The minimum absolute atomic E-state index is 0.382. The second-order valence-electron chi connectivity index (χ2n) is 5.23. The molecular formula is C15H17N7OS. The molecule has 3 aromatic rings. The van der Waals surface area contributed by atoms with Gasteiger partial charge in [-0.1, -0.05) is 0 Å². The fourth-order valence-corrected chi connectivity index (χ4v) is 3.38. The van der Waals surface area contributed by atoms with E-state index in [0.717, 1.165) is 30.2 Å². The summed E-state index contributed by atoms with van der Waals surface area (Å²) >= 11 is 1.86. The summed E-state index contributed by atoms with van der Waals surface area (Å²) < 4.78 is 7.43. The van der Waals surface area contributed by atoms with E-state index in [2.05, 4.69) is 35.9 Å². The zero-order valence-corrected chi connectivity index (χ0v) is 13.7. The number of hydrogen-bond acceptors (Lipinski definition) is 8. The first-order valence-electron chi connectivity index (χ1n) is 7.62. The van der Waals surface area contributed by atoms with Gasteiger partial charge in [0.25, 0.3) is 0 Å². The third kappa shape index (κ3) is 3.34. The number of nitrogens with zero attached hydrogens (tertiary/aromatic N) is 4. The molecule has 8 nitrogen and oxygen atoms in total. The van der Waals surface area contributed by atoms with E-state index < -0.39 is 0 Å². The highest BCUT2D eigenvalue weighted by Crippen LogP contribution is 2.20. The SMILES string of the molecule is c1coc(-c2ncc(-c3nccn3CCSC3CNNN3)cn2)c1. The molecule has 0 aliphatic carbocycles. The average molecular weight is 343 g/mol. The number of thioether (sulfide) groups is 1. The van der Waals surface area contributed by atoms with Gasteiger partial charge in [-0.05, 0) is 12.1 Å². The minimum Gasteiger partial charge on any atom is -0.461 e. The van der Waals surface area contributed by atoms with Gasteiger partial charge in [0, 0.05) is 43.6 Å². The molecule has 1 unspecified atom stereocenters. The molecule has 1 aliphatic rings. The molecule has 1 fully saturated rings. The lowest BCUT2D eigenvalue weighted by Crippen LogP contribution is -2.32. The molecule has 0 amide bonds. The van der Waals surface area contributed by atoms with Gasteiger partial charge >= 0.3 is 0 Å². The minimum atomic E-state index is 0.382. The first-order chi connectivity index (χ1) is 11.9. The lowest BCUT2D eigenvalue weighted by Gasteiger charge is -2.10. The molecule has 0 bridgehead atoms. The van der Waals surface area contributed by atoms with Crippen LogP contribution < -0.4 is 16.4 Å². The first kappa shape index (κ1) is 15.3. The fraction of sp³-hybridized carbons (Fsp3) is 0.267. The van der Waals surface area contributed by atoms with Gasteiger partial charge in [-0.3, -0.25) is 0 Å². The smallest absolute Gasteiger partial charge is 0.195 e. The number of nitrogens with one attached hydrogen (secondary N) is 3. The van der Waals surface area contributed by atoms with Gasteiger partial charge < -0.3 is 8.98 Å². The number of aromatic nitrogens is 4. The Morgan fingerprint density at radius 1 is 1.29 bits per heavy atom. The summed E-state index contributed by atoms with van der Waals surface area (Å²) in [4.78, 5) is 13.2. The second kappa shape index (κ2) is 7.14. The average Bonchev–Trinajstić information content (AvgIpc) is 3.38. The molecule has 1 atom stereocenters. The van der Waals surface area contributed by atoms with Crippen molar-refractivity contribution in [2.45, 2.75) is 11.9 Å². The molecule has 9 heteroatoms. The summed E-state index contributed by atoms with van der Waals surface area (Å²) in [5.41, 5.74) is 9.99. The molecule has 3 N–H and O–H groups in total. The normalized spacial score (nSPS) is 17.4. The van der Waals surface area contributed by atoms with Gasteiger partial charge in [-0.2, -0.15) is 5.53 Å². The van der Waals surface area contributed by atoms with Crippen LogP contribution in [0.1, 0.15) is 0 Å². The Kier molecular flexibility index (Phi) is 4.56. The van der Waals surface area contributed by atoms with E-state index in [1.807, 2.05) is 30.1 Å². The van der Waals surface area contributed by atoms with Crippen LogP contribution in [0.3, 0.4) is 0 Å². The molecule has 24 heavy (non-hydrogen) atoms. The maximum absolute atomic E-state index is 5.31. The monoisotopic (exact) mass is 343 g/mol. The molecule has 0 saturated carbocycles. The van der Waals surface area contributed by atoms with Gasteiger partial charge in [0.1, 0.15) is 5.82 Å². The predicted octanol–water partition coefficient (Wildman–Crippen LogP) is 1.27. The van der Waals surface area contributed by atoms with Crippen molar-refractivity contribution < 1.29 is 4.42 Å². The van der Waals surface area contributed by atoms with Crippen LogP contribution in [0.15, 0.2) is 47.6 Å². The van der Waals surface area contributed by atoms with Gasteiger partial charge in [0.2, 0.25) is 0 Å². The second-order valence-corrected chi connectivity index (χ2v) is 6.54. The highest BCUT2D eigenvalue weighted by atomic mass is 32.2. The highest BCUT2D eigenvalue weighted by molar-refractivity contribution is 7.99. The van der Waals surface area contributed by atoms with Crippen molar-refractivity contribution in [3.05, 3.63) is 43.2 Å². The standard InChI is InChI=1S/C15H17N7OS/c1-2-12(23-6-1)14-17-8-11(9-18-14)15-16-3-4-22(15)5-7-24-13-10-19-21-20-13/h1-4,6,8-9,13,19-21H,5,7,10H2. The van der Waals surface area contributed by atoms with Crippen LogP contribution >= 0.6 is 11.8 Å². The Morgan fingerprint density at radius 2 is 2.21 bits per heavy atom. The molecule has 4 heterocycles. The third-order valence-corrected chi connectivity index (χ3v) is 4.73. The van der Waals surface area contributed by atoms with Crippen molar-refractivity contribution in [3.63, 3.8) is 0 Å². The highest BCUT2D eigenvalue weighted by Gasteiger charge is 2.14. The van der Waals surface area contributed by atoms with E-state index in [-0.39, 0.29) is 0 Å². The number of rotatable bonds is 6. The summed E-state index contributed by atoms with van der Waals surface area (Å²) in [5.74, 6) is 3.09. The van der Waals surface area contributed by atoms with Crippen LogP contribution in [0.25, 0.3) is 23.0 Å². The third-order valence-electron chi connectivity index (χ3n) is 3.63. The molecule has 0 aromatic carbocycles. The summed E-state index contributed by atoms with van der Waals surface area (Å²) in [6.07, 6.45) is 8.96. The topological polar surface area (TPSA) is 92.8 Å². The molecule has 1 saturated heterocycles. The summed E-state index contributed by atoms with van der Waals surface area (Å²) in [6, 6.07) is 3.66. The van der Waals surface area contributed by atoms with E-state index in [1.165, 1.54) is 0 Å². The van der Waals surface area contributed by atoms with Crippen LogP contribution in [0, 0.1) is 0 Å². The van der Waals surface area contributed by atoms with Gasteiger partial charge in [-0.15, -0.1) is 11.8 Å². The van der Waals surface area contributed by atoms with Crippen molar-refractivity contribution in [1.29, 1.82) is 0 Å². The Morgan fingerprint density at radius 3 is 2.96 bits per heavy atom. The van der Waals surface area contributed by atoms with E-state index in [1.54, 1.807) is 24.9 Å². The molecule has 0 spiro atoms. The van der Waals surface area contributed by atoms with Crippen molar-refractivity contribution in [1.82, 2.24) is 35.9 Å². The summed E-state index contributed by atoms with van der Waals surface area (Å²) in [7, 11) is 0. The number of furan rings is 1. The van der Waals surface area contributed by atoms with E-state index >= 15 is 0 Å². The first-order valence-corrected chi connectivity index (χ1v) is 8.67. The van der Waals surface area contributed by atoms with E-state index in [9.17, 15) is 0 Å². The number of hydrogen-bond donors (Lipinski definition) is 3. The van der Waals surface area contributed by atoms with Crippen molar-refractivity contribution in [3.8, 4) is 23.0 Å². The maximum Gasteiger partial charge on any atom is 0.195 e. The Bertz CT molecular complexity index is 765. The predicted molar refractivity (Wildman–Crippen MR) is 91.5 cm³/mol. The van der Waals surface area contributed by atoms with Gasteiger partial charge in [0.15, 0.2) is 11.6 Å². The lowest BCUT2D eigenvalue weighted by atomic mass is 10.3. The van der Waals surface area contributed by atoms with Crippen LogP contribution in [0.5, 0.6) is 0 Å². The number of aryl methyl sites for hydroxylation is 1. The fourth-order valence-electron chi connectivity index (χ4n) is 2.45. The van der Waals surface area contributed by atoms with E-state index in [4.69, 9.17) is 4.42 Å². The van der Waals surface area contributed by atoms with Crippen molar-refractivity contribution >= 4 is 11.8 Å². The molecule has 1 aliphatic heterocycles. The molecule has 4 rings (SSSR count). The van der Waals surface area contributed by atoms with Crippen molar-refractivity contribution in [2.24, 2.45) is 0 Å². The van der Waals surface area contributed by atoms with Crippen LogP contribution in [-0.4, -0.2) is 37.2 Å². The van der Waals surface area contributed by atoms with E-state index in [0.29, 0.717) is 17.0 Å².